The van der Waals surface area contributed by atoms with E-state index in [0.717, 1.165) is 38.5 Å². The molecule has 0 aromatic carbocycles. The van der Waals surface area contributed by atoms with Crippen LogP contribution in [0.2, 0.25) is 0 Å². The molecule has 4 aliphatic carbocycles. The lowest BCUT2D eigenvalue weighted by Crippen LogP contribution is -2.62. The number of ketones is 2. The van der Waals surface area contributed by atoms with Gasteiger partial charge in [0.1, 0.15) is 12.2 Å². The predicted octanol–water partition coefficient (Wildman–Crippen LogP) is 8.11. The van der Waals surface area contributed by atoms with Crippen molar-refractivity contribution in [3.05, 3.63) is 11.6 Å². The normalized spacial score (nSPS) is 33.3. The summed E-state index contributed by atoms with van der Waals surface area (Å²) in [5.41, 5.74) is -1.23. The van der Waals surface area contributed by atoms with Gasteiger partial charge in [-0.3, -0.25) is 14.4 Å². The highest BCUT2D eigenvalue weighted by Crippen LogP contribution is 2.67. The van der Waals surface area contributed by atoms with E-state index in [1.807, 2.05) is 6.92 Å². The highest BCUT2D eigenvalue weighted by atomic mass is 16.4. The molecule has 0 amide bonds. The van der Waals surface area contributed by atoms with Crippen molar-refractivity contribution in [3.63, 3.8) is 0 Å². The smallest absolute Gasteiger partial charge is 0.303 e. The van der Waals surface area contributed by atoms with E-state index in [1.165, 1.54) is 89.0 Å². The molecule has 264 valence electrons. The maximum Gasteiger partial charge on any atom is 0.303 e. The molecule has 0 spiro atoms. The van der Waals surface area contributed by atoms with Crippen LogP contribution < -0.4 is 0 Å². The third-order valence-corrected chi connectivity index (χ3v) is 12.6. The highest BCUT2D eigenvalue weighted by Gasteiger charge is 2.68. The first-order valence-electron chi connectivity index (χ1n) is 18.9. The van der Waals surface area contributed by atoms with E-state index in [0.29, 0.717) is 25.7 Å². The molecule has 0 bridgehead atoms. The molecule has 7 heteroatoms. The number of fused-ring (bicyclic) bond motifs is 5. The van der Waals surface area contributed by atoms with E-state index in [1.54, 1.807) is 6.08 Å². The van der Waals surface area contributed by atoms with E-state index in [9.17, 15) is 29.7 Å². The van der Waals surface area contributed by atoms with Gasteiger partial charge in [0.15, 0.2) is 11.6 Å². The first kappa shape index (κ1) is 38.9. The fourth-order valence-electron chi connectivity index (χ4n) is 9.93. The van der Waals surface area contributed by atoms with Gasteiger partial charge in [0, 0.05) is 18.3 Å². The summed E-state index contributed by atoms with van der Waals surface area (Å²) in [5.74, 6) is -0.513. The van der Waals surface area contributed by atoms with Crippen LogP contribution in [-0.2, 0) is 14.4 Å². The molecule has 4 rings (SSSR count). The lowest BCUT2D eigenvalue weighted by Gasteiger charge is -2.60. The highest BCUT2D eigenvalue weighted by molar-refractivity contribution is 5.91. The van der Waals surface area contributed by atoms with Gasteiger partial charge in [-0.25, -0.2) is 0 Å². The minimum Gasteiger partial charge on any atom is -0.481 e. The Labute approximate surface area is 279 Å². The number of carbonyl (C=O) groups excluding carboxylic acids is 2. The van der Waals surface area contributed by atoms with E-state index < -0.39 is 35.5 Å². The van der Waals surface area contributed by atoms with E-state index >= 15 is 0 Å². The molecule has 3 fully saturated rings. The lowest BCUT2D eigenvalue weighted by molar-refractivity contribution is -0.182. The molecule has 0 saturated heterocycles. The van der Waals surface area contributed by atoms with Gasteiger partial charge in [0.05, 0.1) is 6.10 Å². The molecule has 0 unspecified atom stereocenters. The quantitative estimate of drug-likeness (QED) is 0.111. The Morgan fingerprint density at radius 1 is 0.826 bits per heavy atom. The third-order valence-electron chi connectivity index (χ3n) is 12.6. The topological polar surface area (TPSA) is 132 Å². The molecule has 4 aliphatic rings. The van der Waals surface area contributed by atoms with Gasteiger partial charge in [-0.1, -0.05) is 116 Å². The maximum atomic E-state index is 12.4. The molecule has 4 N–H and O–H groups in total. The zero-order valence-electron chi connectivity index (χ0n) is 29.4. The van der Waals surface area contributed by atoms with Crippen molar-refractivity contribution in [1.29, 1.82) is 0 Å². The van der Waals surface area contributed by atoms with Crippen molar-refractivity contribution < 1.29 is 34.8 Å². The molecule has 7 atom stereocenters. The average molecular weight is 647 g/mol. The summed E-state index contributed by atoms with van der Waals surface area (Å²) in [6.45, 7) is 5.73. The first-order valence-corrected chi connectivity index (χ1v) is 18.9. The number of aliphatic hydroxyl groups excluding tert-OH is 2. The number of hydrogen-bond donors (Lipinski definition) is 4. The second-order valence-electron chi connectivity index (χ2n) is 15.7. The van der Waals surface area contributed by atoms with Gasteiger partial charge in [0.25, 0.3) is 0 Å². The lowest BCUT2D eigenvalue weighted by atomic mass is 9.45. The number of carboxylic acid groups (broad SMARTS) is 1. The van der Waals surface area contributed by atoms with Gasteiger partial charge < -0.3 is 20.4 Å². The molecular weight excluding hydrogens is 580 g/mol. The number of carbonyl (C=O) groups is 3. The van der Waals surface area contributed by atoms with Crippen LogP contribution in [0, 0.1) is 28.6 Å². The number of Topliss-reactive ketones (excluding diaryl/α,β-unsaturated/α-hetero) is 1. The molecule has 0 heterocycles. The molecule has 46 heavy (non-hydrogen) atoms. The fraction of sp³-hybridized carbons (Fsp3) is 0.872. The molecule has 0 aromatic rings. The number of aliphatic hydroxyl groups is 3. The molecule has 3 saturated carbocycles. The SMILES string of the molecule is CCCCCCCCCCCCCCCCCC(=O)O.C[C@]12CCC(=O)C=C1CC[C@@H]1[C@@H]2[C@@H](O)C[C@@]2(C)[C@H]1CC[C@]2(O)C(=O)CO. The Bertz CT molecular complexity index is 1020. The van der Waals surface area contributed by atoms with Gasteiger partial charge in [-0.05, 0) is 74.2 Å². The van der Waals surface area contributed by atoms with Crippen molar-refractivity contribution in [1.82, 2.24) is 0 Å². The Hall–Kier alpha value is -1.57. The Morgan fingerprint density at radius 2 is 1.37 bits per heavy atom. The zero-order chi connectivity index (χ0) is 33.8. The van der Waals surface area contributed by atoms with Crippen molar-refractivity contribution in [2.45, 2.75) is 180 Å². The Kier molecular flexibility index (Phi) is 15.4. The number of unbranched alkanes of at least 4 members (excludes halogenated alkanes) is 14. The number of carboxylic acids is 1. The molecular formula is C39H66O7. The number of hydrogen-bond acceptors (Lipinski definition) is 6. The van der Waals surface area contributed by atoms with Gasteiger partial charge >= 0.3 is 5.97 Å². The van der Waals surface area contributed by atoms with Crippen LogP contribution in [0.25, 0.3) is 0 Å². The summed E-state index contributed by atoms with van der Waals surface area (Å²) in [7, 11) is 0. The van der Waals surface area contributed by atoms with Gasteiger partial charge in [-0.15, -0.1) is 0 Å². The van der Waals surface area contributed by atoms with Crippen molar-refractivity contribution in [2.24, 2.45) is 28.6 Å². The Balaban J connectivity index is 0.000000262. The van der Waals surface area contributed by atoms with Crippen LogP contribution in [0.4, 0.5) is 0 Å². The van der Waals surface area contributed by atoms with Gasteiger partial charge in [0.2, 0.25) is 0 Å². The second kappa shape index (κ2) is 18.3. The van der Waals surface area contributed by atoms with E-state index in [-0.39, 0.29) is 29.0 Å². The molecule has 7 nitrogen and oxygen atoms in total. The van der Waals surface area contributed by atoms with Crippen LogP contribution in [0.1, 0.15) is 168 Å². The zero-order valence-corrected chi connectivity index (χ0v) is 29.4. The molecule has 0 aromatic heterocycles. The van der Waals surface area contributed by atoms with Crippen LogP contribution in [-0.4, -0.2) is 56.3 Å². The minimum atomic E-state index is -1.54. The monoisotopic (exact) mass is 646 g/mol. The Morgan fingerprint density at radius 3 is 1.89 bits per heavy atom. The predicted molar refractivity (Wildman–Crippen MR) is 182 cm³/mol. The summed E-state index contributed by atoms with van der Waals surface area (Å²) < 4.78 is 0. The van der Waals surface area contributed by atoms with E-state index in [2.05, 4.69) is 13.8 Å². The standard InChI is InChI=1S/C21H30O5.C18H36O2/c1-19-7-5-13(23)9-12(19)3-4-14-15-6-8-21(26,17(25)11-22)20(15,2)10-16(24)18(14)19;1-2-3-4-5-6-7-8-9-10-11-12-13-14-15-16-17-18(19)20/h9,14-16,18,22,24,26H,3-8,10-11H2,1-2H3;2-17H2,1H3,(H,19,20)/t14-,15-,16-,18+,19-,20-,21-;/m0./s1. The van der Waals surface area contributed by atoms with Crippen LogP contribution in [0.3, 0.4) is 0 Å². The molecule has 0 radical (unpaired) electrons. The average Bonchev–Trinajstić information content (AvgIpc) is 3.29. The van der Waals surface area contributed by atoms with E-state index in [4.69, 9.17) is 5.11 Å². The fourth-order valence-corrected chi connectivity index (χ4v) is 9.93. The summed E-state index contributed by atoms with van der Waals surface area (Å²) >= 11 is 0. The summed E-state index contributed by atoms with van der Waals surface area (Å²) in [6.07, 6.45) is 25.9. The van der Waals surface area contributed by atoms with Crippen LogP contribution in [0.5, 0.6) is 0 Å². The second-order valence-corrected chi connectivity index (χ2v) is 15.7. The number of rotatable bonds is 18. The number of allylic oxidation sites excluding steroid dienone is 1. The molecule has 0 aliphatic heterocycles. The number of aliphatic carboxylic acids is 1. The maximum absolute atomic E-state index is 12.4. The van der Waals surface area contributed by atoms with Crippen LogP contribution in [0.15, 0.2) is 11.6 Å². The van der Waals surface area contributed by atoms with Gasteiger partial charge in [-0.2, -0.15) is 0 Å². The van der Waals surface area contributed by atoms with Crippen molar-refractivity contribution >= 4 is 17.5 Å². The largest absolute Gasteiger partial charge is 0.481 e. The first-order chi connectivity index (χ1) is 21.9. The van der Waals surface area contributed by atoms with Crippen LogP contribution >= 0.6 is 0 Å². The van der Waals surface area contributed by atoms with Crippen molar-refractivity contribution in [3.8, 4) is 0 Å². The summed E-state index contributed by atoms with van der Waals surface area (Å²) in [4.78, 5) is 34.6. The minimum absolute atomic E-state index is 0.0697. The summed E-state index contributed by atoms with van der Waals surface area (Å²) in [5, 5.41) is 40.2. The third kappa shape index (κ3) is 9.31. The van der Waals surface area contributed by atoms with Crippen molar-refractivity contribution in [2.75, 3.05) is 6.61 Å². The summed E-state index contributed by atoms with van der Waals surface area (Å²) in [6, 6.07) is 0.